The van der Waals surface area contributed by atoms with Gasteiger partial charge in [0.05, 0.1) is 18.2 Å². The van der Waals surface area contributed by atoms with Gasteiger partial charge in [0, 0.05) is 13.0 Å². The Balaban J connectivity index is 1.58. The first-order valence-electron chi connectivity index (χ1n) is 13.5. The van der Waals surface area contributed by atoms with Gasteiger partial charge in [-0.3, -0.25) is 4.79 Å². The smallest absolute Gasteiger partial charge is 0.303 e. The third-order valence-corrected chi connectivity index (χ3v) is 11.0. The van der Waals surface area contributed by atoms with Gasteiger partial charge in [-0.05, 0) is 104 Å². The van der Waals surface area contributed by atoms with Gasteiger partial charge in [-0.25, -0.2) is 0 Å². The summed E-state index contributed by atoms with van der Waals surface area (Å²) >= 11 is 0. The number of aliphatic carboxylic acids is 1. The molecule has 4 aliphatic rings. The molecule has 2 unspecified atom stereocenters. The fourth-order valence-corrected chi connectivity index (χ4v) is 9.26. The van der Waals surface area contributed by atoms with E-state index < -0.39 is 5.97 Å². The molecule has 0 saturated heterocycles. The number of carbonyl (C=O) groups is 1. The Bertz CT molecular complexity index is 729. The van der Waals surface area contributed by atoms with Gasteiger partial charge in [-0.15, -0.1) is 0 Å². The van der Waals surface area contributed by atoms with Gasteiger partial charge in [0.25, 0.3) is 0 Å². The maximum absolute atomic E-state index is 12.3. The Morgan fingerprint density at radius 1 is 1.15 bits per heavy atom. The summed E-state index contributed by atoms with van der Waals surface area (Å²) in [5, 5.41) is 24.5. The lowest BCUT2D eigenvalue weighted by molar-refractivity contribution is -0.183. The molecule has 6 nitrogen and oxygen atoms in total. The van der Waals surface area contributed by atoms with Crippen molar-refractivity contribution in [2.75, 3.05) is 6.61 Å². The molecular formula is C27H45NO5. The topological polar surface area (TPSA) is 96.2 Å². The van der Waals surface area contributed by atoms with Crippen LogP contribution in [-0.2, 0) is 9.53 Å². The summed E-state index contributed by atoms with van der Waals surface area (Å²) in [6, 6.07) is -0.250. The third-order valence-electron chi connectivity index (χ3n) is 11.0. The molecule has 0 aromatic rings. The van der Waals surface area contributed by atoms with E-state index in [0.29, 0.717) is 30.3 Å². The number of nitroso groups, excluding NO2 is 1. The summed E-state index contributed by atoms with van der Waals surface area (Å²) < 4.78 is 6.11. The van der Waals surface area contributed by atoms with Crippen LogP contribution >= 0.6 is 0 Å². The fourth-order valence-electron chi connectivity index (χ4n) is 9.26. The molecule has 6 heteroatoms. The van der Waals surface area contributed by atoms with Gasteiger partial charge in [0.15, 0.2) is 0 Å². The predicted molar refractivity (Wildman–Crippen MR) is 128 cm³/mol. The summed E-state index contributed by atoms with van der Waals surface area (Å²) in [5.74, 6) is 1.06. The maximum Gasteiger partial charge on any atom is 0.303 e. The van der Waals surface area contributed by atoms with E-state index in [-0.39, 0.29) is 47.2 Å². The predicted octanol–water partition coefficient (Wildman–Crippen LogP) is 5.66. The first kappa shape index (κ1) is 25.1. The van der Waals surface area contributed by atoms with Crippen molar-refractivity contribution in [2.45, 2.75) is 110 Å². The molecule has 11 atom stereocenters. The minimum absolute atomic E-state index is 0.132. The van der Waals surface area contributed by atoms with Crippen molar-refractivity contribution in [2.24, 2.45) is 51.5 Å². The van der Waals surface area contributed by atoms with E-state index in [0.717, 1.165) is 58.0 Å². The van der Waals surface area contributed by atoms with Crippen LogP contribution in [0.4, 0.5) is 0 Å². The second-order valence-electron chi connectivity index (χ2n) is 12.4. The van der Waals surface area contributed by atoms with Crippen LogP contribution in [-0.4, -0.2) is 41.0 Å². The second-order valence-corrected chi connectivity index (χ2v) is 12.4. The van der Waals surface area contributed by atoms with Crippen LogP contribution in [0, 0.1) is 51.2 Å². The Kier molecular flexibility index (Phi) is 7.27. The Hall–Kier alpha value is -1.01. The fraction of sp³-hybridized carbons (Fsp3) is 0.963. The normalized spacial score (nSPS) is 47.8. The number of nitrogens with zero attached hydrogens (tertiary/aromatic N) is 1. The molecule has 33 heavy (non-hydrogen) atoms. The largest absolute Gasteiger partial charge is 0.481 e. The monoisotopic (exact) mass is 463 g/mol. The van der Waals surface area contributed by atoms with Gasteiger partial charge in [-0.1, -0.05) is 32.9 Å². The van der Waals surface area contributed by atoms with E-state index in [2.05, 4.69) is 32.9 Å². The highest BCUT2D eigenvalue weighted by Crippen LogP contribution is 2.69. The van der Waals surface area contributed by atoms with Crippen LogP contribution in [0.2, 0.25) is 0 Å². The van der Waals surface area contributed by atoms with Gasteiger partial charge in [0.1, 0.15) is 0 Å². The molecule has 4 saturated carbocycles. The summed E-state index contributed by atoms with van der Waals surface area (Å²) in [5.41, 5.74) is -0.111. The molecule has 0 radical (unpaired) electrons. The highest BCUT2D eigenvalue weighted by molar-refractivity contribution is 5.66. The average molecular weight is 464 g/mol. The molecule has 0 amide bonds. The van der Waals surface area contributed by atoms with Crippen LogP contribution < -0.4 is 0 Å². The standard InChI is InChI=1S/C27H45NO5/c1-5-12-33-18-10-11-26(3)17(13-18)14-22(29)25-20-8-7-19(16(2)6-9-24(30)31)27(20,4)23(28-32)15-21(25)26/h16-23,25,29H,5-15H2,1-4H3,(H,30,31)/t16?,17-,18-,19?,20-,21-,22+,23-,25-,26-,27+/m0/s1. The average Bonchev–Trinajstić information content (AvgIpc) is 3.14. The first-order valence-corrected chi connectivity index (χ1v) is 13.5. The molecule has 0 spiro atoms. The number of aliphatic hydroxyl groups is 1. The number of carboxylic acids is 1. The third kappa shape index (κ3) is 4.17. The quantitative estimate of drug-likeness (QED) is 0.453. The summed E-state index contributed by atoms with van der Waals surface area (Å²) in [6.07, 6.45) is 8.66. The van der Waals surface area contributed by atoms with Crippen molar-refractivity contribution in [3.63, 3.8) is 0 Å². The second kappa shape index (κ2) is 9.56. The maximum atomic E-state index is 12.3. The molecule has 2 N–H and O–H groups in total. The number of hydrogen-bond donors (Lipinski definition) is 2. The molecule has 0 aliphatic heterocycles. The SMILES string of the molecule is CCCO[C@H]1CC[C@@]2(C)[C@@H](C1)C[C@@H](O)[C@@H]1[C@@H]2C[C@H](N=O)[C@]2(C)C(C(C)CCC(=O)O)CC[C@@H]12. The van der Waals surface area contributed by atoms with Crippen molar-refractivity contribution < 1.29 is 19.7 Å². The number of hydrogen-bond acceptors (Lipinski definition) is 5. The van der Waals surface area contributed by atoms with Crippen molar-refractivity contribution in [1.29, 1.82) is 0 Å². The molecule has 0 heterocycles. The van der Waals surface area contributed by atoms with E-state index in [4.69, 9.17) is 4.74 Å². The van der Waals surface area contributed by atoms with Crippen molar-refractivity contribution in [3.05, 3.63) is 4.91 Å². The zero-order valence-corrected chi connectivity index (χ0v) is 21.0. The molecule has 0 aromatic heterocycles. The van der Waals surface area contributed by atoms with E-state index in [1.54, 1.807) is 0 Å². The summed E-state index contributed by atoms with van der Waals surface area (Å²) in [6.45, 7) is 9.77. The molecule has 0 aromatic carbocycles. The van der Waals surface area contributed by atoms with Gasteiger partial charge in [0.2, 0.25) is 0 Å². The number of rotatable bonds is 8. The van der Waals surface area contributed by atoms with Gasteiger partial charge in [-0.2, -0.15) is 4.91 Å². The highest BCUT2D eigenvalue weighted by Gasteiger charge is 2.66. The zero-order chi connectivity index (χ0) is 24.0. The van der Waals surface area contributed by atoms with E-state index in [1.807, 2.05) is 0 Å². The minimum atomic E-state index is -0.754. The lowest BCUT2D eigenvalue weighted by atomic mass is 9.42. The van der Waals surface area contributed by atoms with Crippen molar-refractivity contribution in [3.8, 4) is 0 Å². The molecule has 188 valence electrons. The van der Waals surface area contributed by atoms with Crippen LogP contribution in [0.1, 0.15) is 91.9 Å². The van der Waals surface area contributed by atoms with Crippen molar-refractivity contribution in [1.82, 2.24) is 0 Å². The van der Waals surface area contributed by atoms with Crippen LogP contribution in [0.3, 0.4) is 0 Å². The Labute approximate surface area is 199 Å². The highest BCUT2D eigenvalue weighted by atomic mass is 16.5. The van der Waals surface area contributed by atoms with Crippen molar-refractivity contribution >= 4 is 5.97 Å². The first-order chi connectivity index (χ1) is 15.7. The lowest BCUT2D eigenvalue weighted by Crippen LogP contribution is -2.62. The number of aliphatic hydroxyl groups excluding tert-OH is 1. The Morgan fingerprint density at radius 3 is 2.58 bits per heavy atom. The lowest BCUT2D eigenvalue weighted by Gasteiger charge is -2.63. The van der Waals surface area contributed by atoms with Gasteiger partial charge >= 0.3 is 5.97 Å². The molecule has 4 fully saturated rings. The van der Waals surface area contributed by atoms with Crippen LogP contribution in [0.15, 0.2) is 5.18 Å². The number of ether oxygens (including phenoxy) is 1. The Morgan fingerprint density at radius 2 is 1.91 bits per heavy atom. The molecular weight excluding hydrogens is 418 g/mol. The molecule has 0 bridgehead atoms. The van der Waals surface area contributed by atoms with Crippen LogP contribution in [0.25, 0.3) is 0 Å². The number of fused-ring (bicyclic) bond motifs is 5. The van der Waals surface area contributed by atoms with E-state index in [1.165, 1.54) is 0 Å². The molecule has 4 aliphatic carbocycles. The van der Waals surface area contributed by atoms with E-state index in [9.17, 15) is 19.9 Å². The van der Waals surface area contributed by atoms with Gasteiger partial charge < -0.3 is 14.9 Å². The zero-order valence-electron chi connectivity index (χ0n) is 21.0. The minimum Gasteiger partial charge on any atom is -0.481 e. The molecule has 4 rings (SSSR count). The summed E-state index contributed by atoms with van der Waals surface area (Å²) in [7, 11) is 0. The van der Waals surface area contributed by atoms with Crippen LogP contribution in [0.5, 0.6) is 0 Å². The number of carboxylic acid groups (broad SMARTS) is 1. The summed E-state index contributed by atoms with van der Waals surface area (Å²) in [4.78, 5) is 23.5. The van der Waals surface area contributed by atoms with E-state index >= 15 is 0 Å².